The largest absolute Gasteiger partial charge is 0.492 e. The molecule has 0 aromatic heterocycles. The van der Waals surface area contributed by atoms with E-state index in [-0.39, 0.29) is 0 Å². The summed E-state index contributed by atoms with van der Waals surface area (Å²) in [5.41, 5.74) is 2.57. The van der Waals surface area contributed by atoms with E-state index in [4.69, 9.17) is 16.3 Å². The van der Waals surface area contributed by atoms with Gasteiger partial charge < -0.3 is 10.1 Å². The highest BCUT2D eigenvalue weighted by atomic mass is 35.5. The molecule has 0 aliphatic carbocycles. The van der Waals surface area contributed by atoms with Gasteiger partial charge in [0.05, 0.1) is 11.6 Å². The lowest BCUT2D eigenvalue weighted by molar-refractivity contribution is 0.340. The van der Waals surface area contributed by atoms with Gasteiger partial charge in [0.15, 0.2) is 0 Å². The standard InChI is InChI=1S/C19H24ClNO/c1-3-22-19-12-11-17(13-18(19)20)14-21-15(2)9-10-16-7-5-4-6-8-16/h4-8,11-13,15,21H,3,9-10,14H2,1-2H3/t15-/m1/s1. The highest BCUT2D eigenvalue weighted by molar-refractivity contribution is 6.32. The molecule has 0 aliphatic heterocycles. The lowest BCUT2D eigenvalue weighted by Gasteiger charge is -2.14. The molecule has 0 heterocycles. The lowest BCUT2D eigenvalue weighted by atomic mass is 10.1. The molecule has 0 radical (unpaired) electrons. The van der Waals surface area contributed by atoms with Gasteiger partial charge in [0.2, 0.25) is 0 Å². The Hall–Kier alpha value is -1.51. The van der Waals surface area contributed by atoms with Crippen molar-refractivity contribution in [2.24, 2.45) is 0 Å². The van der Waals surface area contributed by atoms with Crippen molar-refractivity contribution in [2.45, 2.75) is 39.3 Å². The first kappa shape index (κ1) is 16.9. The van der Waals surface area contributed by atoms with Gasteiger partial charge in [-0.15, -0.1) is 0 Å². The van der Waals surface area contributed by atoms with Crippen molar-refractivity contribution < 1.29 is 4.74 Å². The molecule has 0 aliphatic rings. The molecule has 0 saturated carbocycles. The first-order valence-corrected chi connectivity index (χ1v) is 8.25. The van der Waals surface area contributed by atoms with Crippen LogP contribution in [0.3, 0.4) is 0 Å². The first-order chi connectivity index (χ1) is 10.7. The zero-order chi connectivity index (χ0) is 15.8. The van der Waals surface area contributed by atoms with E-state index < -0.39 is 0 Å². The maximum Gasteiger partial charge on any atom is 0.137 e. The summed E-state index contributed by atoms with van der Waals surface area (Å²) < 4.78 is 5.45. The molecule has 0 amide bonds. The molecule has 0 bridgehead atoms. The summed E-state index contributed by atoms with van der Waals surface area (Å²) >= 11 is 6.21. The molecule has 118 valence electrons. The number of hydrogen-bond donors (Lipinski definition) is 1. The summed E-state index contributed by atoms with van der Waals surface area (Å²) in [6, 6.07) is 17.0. The van der Waals surface area contributed by atoms with Crippen molar-refractivity contribution in [2.75, 3.05) is 6.61 Å². The molecule has 22 heavy (non-hydrogen) atoms. The number of aryl methyl sites for hydroxylation is 1. The van der Waals surface area contributed by atoms with Gasteiger partial charge in [0.25, 0.3) is 0 Å². The van der Waals surface area contributed by atoms with E-state index in [0.29, 0.717) is 17.7 Å². The van der Waals surface area contributed by atoms with Gasteiger partial charge in [0, 0.05) is 12.6 Å². The number of rotatable bonds is 8. The van der Waals surface area contributed by atoms with Crippen LogP contribution in [0.15, 0.2) is 48.5 Å². The SMILES string of the molecule is CCOc1ccc(CN[C@H](C)CCc2ccccc2)cc1Cl. The van der Waals surface area contributed by atoms with Gasteiger partial charge in [-0.1, -0.05) is 48.0 Å². The maximum atomic E-state index is 6.21. The zero-order valence-corrected chi connectivity index (χ0v) is 14.1. The van der Waals surface area contributed by atoms with Crippen molar-refractivity contribution >= 4 is 11.6 Å². The van der Waals surface area contributed by atoms with E-state index in [1.165, 1.54) is 11.1 Å². The maximum absolute atomic E-state index is 6.21. The molecule has 0 fully saturated rings. The summed E-state index contributed by atoms with van der Waals surface area (Å²) in [5.74, 6) is 0.755. The van der Waals surface area contributed by atoms with E-state index in [0.717, 1.165) is 25.1 Å². The van der Waals surface area contributed by atoms with E-state index in [1.54, 1.807) is 0 Å². The van der Waals surface area contributed by atoms with Crippen LogP contribution in [0, 0.1) is 0 Å². The second kappa shape index (κ2) is 8.82. The fourth-order valence-corrected chi connectivity index (χ4v) is 2.61. The Morgan fingerprint density at radius 1 is 1.09 bits per heavy atom. The van der Waals surface area contributed by atoms with E-state index >= 15 is 0 Å². The normalized spacial score (nSPS) is 12.1. The minimum atomic E-state index is 0.463. The molecule has 0 unspecified atom stereocenters. The monoisotopic (exact) mass is 317 g/mol. The second-order valence-corrected chi connectivity index (χ2v) is 5.91. The van der Waals surface area contributed by atoms with Gasteiger partial charge in [-0.05, 0) is 49.9 Å². The number of benzene rings is 2. The summed E-state index contributed by atoms with van der Waals surface area (Å²) in [5, 5.41) is 4.23. The van der Waals surface area contributed by atoms with Crippen molar-refractivity contribution in [3.8, 4) is 5.75 Å². The Morgan fingerprint density at radius 3 is 2.55 bits per heavy atom. The first-order valence-electron chi connectivity index (χ1n) is 7.87. The smallest absolute Gasteiger partial charge is 0.137 e. The van der Waals surface area contributed by atoms with E-state index in [1.807, 2.05) is 19.1 Å². The van der Waals surface area contributed by atoms with Crippen LogP contribution in [0.1, 0.15) is 31.4 Å². The van der Waals surface area contributed by atoms with Crippen LogP contribution in [-0.2, 0) is 13.0 Å². The highest BCUT2D eigenvalue weighted by Crippen LogP contribution is 2.25. The molecule has 1 N–H and O–H groups in total. The van der Waals surface area contributed by atoms with Gasteiger partial charge in [0.1, 0.15) is 5.75 Å². The van der Waals surface area contributed by atoms with Gasteiger partial charge in [-0.3, -0.25) is 0 Å². The van der Waals surface area contributed by atoms with E-state index in [9.17, 15) is 0 Å². The molecule has 2 aromatic carbocycles. The number of nitrogens with one attached hydrogen (secondary N) is 1. The van der Waals surface area contributed by atoms with Crippen LogP contribution in [0.2, 0.25) is 5.02 Å². The van der Waals surface area contributed by atoms with Crippen molar-refractivity contribution in [1.82, 2.24) is 5.32 Å². The molecule has 2 aromatic rings. The van der Waals surface area contributed by atoms with Crippen molar-refractivity contribution in [3.05, 3.63) is 64.7 Å². The van der Waals surface area contributed by atoms with Gasteiger partial charge in [-0.2, -0.15) is 0 Å². The third kappa shape index (κ3) is 5.36. The number of hydrogen-bond acceptors (Lipinski definition) is 2. The summed E-state index contributed by atoms with van der Waals surface area (Å²) in [6.07, 6.45) is 2.22. The summed E-state index contributed by atoms with van der Waals surface area (Å²) in [6.45, 7) is 5.63. The third-order valence-electron chi connectivity index (χ3n) is 3.66. The Kier molecular flexibility index (Phi) is 6.75. The quantitative estimate of drug-likeness (QED) is 0.751. The second-order valence-electron chi connectivity index (χ2n) is 5.50. The highest BCUT2D eigenvalue weighted by Gasteiger charge is 2.05. The Balaban J connectivity index is 1.78. The van der Waals surface area contributed by atoms with Gasteiger partial charge >= 0.3 is 0 Å². The molecule has 3 heteroatoms. The molecule has 0 saturated heterocycles. The predicted molar refractivity (Wildman–Crippen MR) is 93.7 cm³/mol. The molecular formula is C19H24ClNO. The number of ether oxygens (including phenoxy) is 1. The predicted octanol–water partition coefficient (Wildman–Crippen LogP) is 4.85. The number of halogens is 1. The lowest BCUT2D eigenvalue weighted by Crippen LogP contribution is -2.25. The van der Waals surface area contributed by atoms with Crippen LogP contribution < -0.4 is 10.1 Å². The van der Waals surface area contributed by atoms with Crippen LogP contribution in [0.5, 0.6) is 5.75 Å². The average molecular weight is 318 g/mol. The minimum absolute atomic E-state index is 0.463. The molecule has 1 atom stereocenters. The van der Waals surface area contributed by atoms with E-state index in [2.05, 4.69) is 48.6 Å². The van der Waals surface area contributed by atoms with Crippen LogP contribution in [0.4, 0.5) is 0 Å². The molecular weight excluding hydrogens is 294 g/mol. The van der Waals surface area contributed by atoms with Gasteiger partial charge in [-0.25, -0.2) is 0 Å². The van der Waals surface area contributed by atoms with Crippen LogP contribution in [-0.4, -0.2) is 12.6 Å². The molecule has 2 nitrogen and oxygen atoms in total. The summed E-state index contributed by atoms with van der Waals surface area (Å²) in [7, 11) is 0. The molecule has 2 rings (SSSR count). The molecule has 0 spiro atoms. The van der Waals surface area contributed by atoms with Crippen molar-refractivity contribution in [3.63, 3.8) is 0 Å². The fourth-order valence-electron chi connectivity index (χ4n) is 2.35. The Labute approximate surface area is 138 Å². The fraction of sp³-hybridized carbons (Fsp3) is 0.368. The summed E-state index contributed by atoms with van der Waals surface area (Å²) in [4.78, 5) is 0. The zero-order valence-electron chi connectivity index (χ0n) is 13.3. The average Bonchev–Trinajstić information content (AvgIpc) is 2.54. The van der Waals surface area contributed by atoms with Crippen LogP contribution >= 0.6 is 11.6 Å². The van der Waals surface area contributed by atoms with Crippen LogP contribution in [0.25, 0.3) is 0 Å². The van der Waals surface area contributed by atoms with Crippen molar-refractivity contribution in [1.29, 1.82) is 0 Å². The third-order valence-corrected chi connectivity index (χ3v) is 3.95. The topological polar surface area (TPSA) is 21.3 Å². The Morgan fingerprint density at radius 2 is 1.86 bits per heavy atom. The minimum Gasteiger partial charge on any atom is -0.492 e. The Bertz CT molecular complexity index is 571.